The highest BCUT2D eigenvalue weighted by atomic mass is 14.9. The Hall–Kier alpha value is -1.38. The molecule has 2 aromatic rings. The Bertz CT molecular complexity index is 433. The first kappa shape index (κ1) is 10.1. The summed E-state index contributed by atoms with van der Waals surface area (Å²) in [6, 6.07) is 2.09. The van der Waals surface area contributed by atoms with Gasteiger partial charge in [-0.25, -0.2) is 9.97 Å². The van der Waals surface area contributed by atoms with E-state index in [1.54, 1.807) is 6.33 Å². The molecular formula is C12H17N3. The van der Waals surface area contributed by atoms with Crippen LogP contribution in [0.5, 0.6) is 0 Å². The molecule has 1 N–H and O–H groups in total. The van der Waals surface area contributed by atoms with Crippen molar-refractivity contribution in [3.8, 4) is 0 Å². The minimum Gasteiger partial charge on any atom is -0.343 e. The molecule has 80 valence electrons. The molecule has 2 heterocycles. The normalized spacial score (nSPS) is 13.2. The summed E-state index contributed by atoms with van der Waals surface area (Å²) in [6.45, 7) is 4.53. The molecule has 2 rings (SSSR count). The van der Waals surface area contributed by atoms with Gasteiger partial charge in [0.05, 0.1) is 11.8 Å². The largest absolute Gasteiger partial charge is 0.343 e. The number of hydrogen-bond acceptors (Lipinski definition) is 2. The number of H-pyrrole nitrogens is 1. The van der Waals surface area contributed by atoms with Crippen molar-refractivity contribution >= 4 is 11.2 Å². The molecule has 0 aliphatic heterocycles. The molecule has 1 unspecified atom stereocenters. The van der Waals surface area contributed by atoms with E-state index in [0.29, 0.717) is 0 Å². The lowest BCUT2D eigenvalue weighted by Crippen LogP contribution is -2.00. The van der Waals surface area contributed by atoms with Crippen LogP contribution in [0.2, 0.25) is 0 Å². The van der Waals surface area contributed by atoms with Crippen LogP contribution in [-0.4, -0.2) is 15.0 Å². The quantitative estimate of drug-likeness (QED) is 0.830. The number of hydrogen-bond donors (Lipinski definition) is 1. The van der Waals surface area contributed by atoms with Crippen molar-refractivity contribution in [2.75, 3.05) is 0 Å². The van der Waals surface area contributed by atoms with E-state index in [2.05, 4.69) is 34.9 Å². The standard InChI is InChI=1S/C12H17N3/c1-3-4-9(2)7-10-5-6-13-12-11(10)14-8-15-12/h5-6,8-9H,3-4,7H2,1-2H3,(H,13,14,15). The van der Waals surface area contributed by atoms with Gasteiger partial charge in [-0.05, 0) is 24.0 Å². The molecule has 1 atom stereocenters. The first-order valence-corrected chi connectivity index (χ1v) is 5.58. The average Bonchev–Trinajstić information content (AvgIpc) is 2.67. The molecule has 0 spiro atoms. The Kier molecular flexibility index (Phi) is 2.99. The maximum absolute atomic E-state index is 4.21. The summed E-state index contributed by atoms with van der Waals surface area (Å²) in [5.41, 5.74) is 3.26. The highest BCUT2D eigenvalue weighted by Crippen LogP contribution is 2.18. The monoisotopic (exact) mass is 203 g/mol. The highest BCUT2D eigenvalue weighted by molar-refractivity contribution is 5.73. The number of nitrogens with zero attached hydrogens (tertiary/aromatic N) is 2. The van der Waals surface area contributed by atoms with Gasteiger partial charge in [-0.15, -0.1) is 0 Å². The molecule has 0 aliphatic rings. The molecule has 0 bridgehead atoms. The summed E-state index contributed by atoms with van der Waals surface area (Å²) in [7, 11) is 0. The minimum atomic E-state index is 0.726. The second-order valence-electron chi connectivity index (χ2n) is 4.17. The fourth-order valence-corrected chi connectivity index (χ4v) is 2.04. The predicted molar refractivity (Wildman–Crippen MR) is 61.7 cm³/mol. The van der Waals surface area contributed by atoms with Crippen molar-refractivity contribution in [1.29, 1.82) is 0 Å². The van der Waals surface area contributed by atoms with Crippen molar-refractivity contribution in [3.63, 3.8) is 0 Å². The van der Waals surface area contributed by atoms with Gasteiger partial charge in [0.15, 0.2) is 5.65 Å². The molecule has 0 saturated heterocycles. The van der Waals surface area contributed by atoms with E-state index < -0.39 is 0 Å². The van der Waals surface area contributed by atoms with Crippen LogP contribution in [0.3, 0.4) is 0 Å². The molecule has 0 aliphatic carbocycles. The Balaban J connectivity index is 2.23. The number of imidazole rings is 1. The van der Waals surface area contributed by atoms with Crippen LogP contribution in [-0.2, 0) is 6.42 Å². The van der Waals surface area contributed by atoms with Crippen LogP contribution in [0.4, 0.5) is 0 Å². The number of aromatic amines is 1. The third-order valence-corrected chi connectivity index (χ3v) is 2.76. The molecule has 2 aromatic heterocycles. The fourth-order valence-electron chi connectivity index (χ4n) is 2.04. The SMILES string of the molecule is CCCC(C)Cc1ccnc2nc[nH]c12. The van der Waals surface area contributed by atoms with Gasteiger partial charge < -0.3 is 4.98 Å². The summed E-state index contributed by atoms with van der Waals surface area (Å²) in [6.07, 6.45) is 7.19. The summed E-state index contributed by atoms with van der Waals surface area (Å²) in [5.74, 6) is 0.726. The summed E-state index contributed by atoms with van der Waals surface area (Å²) < 4.78 is 0. The molecule has 3 heteroatoms. The molecule has 0 fully saturated rings. The van der Waals surface area contributed by atoms with Crippen molar-refractivity contribution in [2.45, 2.75) is 33.1 Å². The Morgan fingerprint density at radius 3 is 3.07 bits per heavy atom. The van der Waals surface area contributed by atoms with E-state index in [1.165, 1.54) is 18.4 Å². The lowest BCUT2D eigenvalue weighted by molar-refractivity contribution is 0.523. The topological polar surface area (TPSA) is 41.6 Å². The third kappa shape index (κ3) is 2.17. The van der Waals surface area contributed by atoms with Crippen molar-refractivity contribution < 1.29 is 0 Å². The van der Waals surface area contributed by atoms with Gasteiger partial charge in [0.25, 0.3) is 0 Å². The van der Waals surface area contributed by atoms with Crippen molar-refractivity contribution in [2.24, 2.45) is 5.92 Å². The van der Waals surface area contributed by atoms with Crippen LogP contribution in [0.25, 0.3) is 11.2 Å². The maximum Gasteiger partial charge on any atom is 0.177 e. The summed E-state index contributed by atoms with van der Waals surface area (Å²) in [4.78, 5) is 11.5. The lowest BCUT2D eigenvalue weighted by atomic mass is 9.97. The third-order valence-electron chi connectivity index (χ3n) is 2.76. The summed E-state index contributed by atoms with van der Waals surface area (Å²) >= 11 is 0. The number of aromatic nitrogens is 3. The Morgan fingerprint density at radius 1 is 1.40 bits per heavy atom. The summed E-state index contributed by atoms with van der Waals surface area (Å²) in [5, 5.41) is 0. The van der Waals surface area contributed by atoms with Crippen LogP contribution < -0.4 is 0 Å². The van der Waals surface area contributed by atoms with Crippen LogP contribution in [0.1, 0.15) is 32.3 Å². The van der Waals surface area contributed by atoms with Gasteiger partial charge in [-0.3, -0.25) is 0 Å². The van der Waals surface area contributed by atoms with E-state index in [0.717, 1.165) is 23.5 Å². The van der Waals surface area contributed by atoms with E-state index in [1.807, 2.05) is 6.20 Å². The number of nitrogens with one attached hydrogen (secondary N) is 1. The highest BCUT2D eigenvalue weighted by Gasteiger charge is 2.07. The second kappa shape index (κ2) is 4.43. The van der Waals surface area contributed by atoms with Gasteiger partial charge in [0, 0.05) is 6.20 Å². The molecule has 0 aromatic carbocycles. The zero-order chi connectivity index (χ0) is 10.7. The van der Waals surface area contributed by atoms with Gasteiger partial charge in [-0.1, -0.05) is 26.7 Å². The van der Waals surface area contributed by atoms with Crippen molar-refractivity contribution in [3.05, 3.63) is 24.2 Å². The molecular weight excluding hydrogens is 186 g/mol. The van der Waals surface area contributed by atoms with Gasteiger partial charge in [0.1, 0.15) is 0 Å². The molecule has 0 amide bonds. The first-order chi connectivity index (χ1) is 7.31. The van der Waals surface area contributed by atoms with E-state index in [9.17, 15) is 0 Å². The Morgan fingerprint density at radius 2 is 2.27 bits per heavy atom. The fraction of sp³-hybridized carbons (Fsp3) is 0.500. The van der Waals surface area contributed by atoms with E-state index in [4.69, 9.17) is 0 Å². The number of pyridine rings is 1. The molecule has 3 nitrogen and oxygen atoms in total. The Labute approximate surface area is 90.0 Å². The zero-order valence-corrected chi connectivity index (χ0v) is 9.33. The predicted octanol–water partition coefficient (Wildman–Crippen LogP) is 2.94. The second-order valence-corrected chi connectivity index (χ2v) is 4.17. The smallest absolute Gasteiger partial charge is 0.177 e. The molecule has 0 saturated carbocycles. The number of fused-ring (bicyclic) bond motifs is 1. The van der Waals surface area contributed by atoms with Crippen molar-refractivity contribution in [1.82, 2.24) is 15.0 Å². The van der Waals surface area contributed by atoms with Gasteiger partial charge in [0.2, 0.25) is 0 Å². The van der Waals surface area contributed by atoms with Crippen LogP contribution in [0.15, 0.2) is 18.6 Å². The van der Waals surface area contributed by atoms with Gasteiger partial charge >= 0.3 is 0 Å². The maximum atomic E-state index is 4.21. The van der Waals surface area contributed by atoms with Gasteiger partial charge in [-0.2, -0.15) is 0 Å². The molecule has 0 radical (unpaired) electrons. The average molecular weight is 203 g/mol. The van der Waals surface area contributed by atoms with E-state index >= 15 is 0 Å². The van der Waals surface area contributed by atoms with Crippen LogP contribution in [0, 0.1) is 5.92 Å². The lowest BCUT2D eigenvalue weighted by Gasteiger charge is -2.09. The van der Waals surface area contributed by atoms with E-state index in [-0.39, 0.29) is 0 Å². The number of rotatable bonds is 4. The zero-order valence-electron chi connectivity index (χ0n) is 9.33. The molecule has 15 heavy (non-hydrogen) atoms. The first-order valence-electron chi connectivity index (χ1n) is 5.58. The minimum absolute atomic E-state index is 0.726. The van der Waals surface area contributed by atoms with Crippen LogP contribution >= 0.6 is 0 Å².